The zero-order valence-electron chi connectivity index (χ0n) is 10.1. The molecule has 0 saturated heterocycles. The highest BCUT2D eigenvalue weighted by Crippen LogP contribution is 2.28. The molecule has 0 aromatic heterocycles. The van der Waals surface area contributed by atoms with Gasteiger partial charge in [-0.15, -0.1) is 5.11 Å². The van der Waals surface area contributed by atoms with E-state index in [4.69, 9.17) is 13.8 Å². The molecule has 0 aliphatic rings. The summed E-state index contributed by atoms with van der Waals surface area (Å²) in [6.45, 7) is 0. The van der Waals surface area contributed by atoms with E-state index < -0.39 is 31.0 Å². The summed E-state index contributed by atoms with van der Waals surface area (Å²) < 4.78 is 65.4. The van der Waals surface area contributed by atoms with Crippen LogP contribution in [-0.2, 0) is 20.2 Å². The van der Waals surface area contributed by atoms with E-state index in [9.17, 15) is 16.8 Å². The summed E-state index contributed by atoms with van der Waals surface area (Å²) in [4.78, 5) is -0.561. The molecule has 3 N–H and O–H groups in total. The molecule has 0 saturated carbocycles. The number of nitrogens with one attached hydrogen (secondary N) is 1. The minimum absolute atomic E-state index is 0.169. The highest BCUT2D eigenvalue weighted by molar-refractivity contribution is 7.86. The Labute approximate surface area is 114 Å². The first-order valence-corrected chi connectivity index (χ1v) is 7.93. The van der Waals surface area contributed by atoms with Gasteiger partial charge in [-0.3, -0.25) is 14.5 Å². The Bertz CT molecular complexity index is 712. The standard InChI is InChI=1S/C8H11N3O7S2/c1-18-6-2-3-7(8(4-6)20(15,16)17)10-11-9-5-19(12,13)14/h2-4H,5H2,1H3,(H,9,10)(H,12,13,14)(H,15,16,17). The summed E-state index contributed by atoms with van der Waals surface area (Å²) in [6, 6.07) is 3.58. The predicted octanol–water partition coefficient (Wildman–Crippen LogP) is 0.375. The van der Waals surface area contributed by atoms with Crippen LogP contribution in [0.15, 0.2) is 33.4 Å². The van der Waals surface area contributed by atoms with Gasteiger partial charge in [0, 0.05) is 6.07 Å². The fraction of sp³-hybridized carbons (Fsp3) is 0.250. The van der Waals surface area contributed by atoms with Gasteiger partial charge in [-0.2, -0.15) is 16.8 Å². The van der Waals surface area contributed by atoms with Gasteiger partial charge in [-0.05, 0) is 12.1 Å². The van der Waals surface area contributed by atoms with Crippen molar-refractivity contribution >= 4 is 25.9 Å². The first-order chi connectivity index (χ1) is 9.13. The maximum Gasteiger partial charge on any atom is 0.296 e. The van der Waals surface area contributed by atoms with Crippen LogP contribution < -0.4 is 10.2 Å². The van der Waals surface area contributed by atoms with Crippen LogP contribution in [0.5, 0.6) is 5.75 Å². The fourth-order valence-corrected chi connectivity index (χ4v) is 1.97. The molecule has 0 spiro atoms. The van der Waals surface area contributed by atoms with Gasteiger partial charge in [0.2, 0.25) is 0 Å². The Balaban J connectivity index is 3.04. The molecule has 0 aliphatic heterocycles. The average molecular weight is 325 g/mol. The van der Waals surface area contributed by atoms with Crippen molar-refractivity contribution in [2.75, 3.05) is 13.0 Å². The summed E-state index contributed by atoms with van der Waals surface area (Å²) in [5.74, 6) is -0.726. The Morgan fingerprint density at radius 1 is 1.25 bits per heavy atom. The minimum atomic E-state index is -4.56. The van der Waals surface area contributed by atoms with Crippen molar-refractivity contribution in [2.45, 2.75) is 4.90 Å². The van der Waals surface area contributed by atoms with E-state index in [2.05, 4.69) is 10.3 Å². The quantitative estimate of drug-likeness (QED) is 0.385. The third kappa shape index (κ3) is 5.08. The van der Waals surface area contributed by atoms with E-state index in [1.807, 2.05) is 5.43 Å². The molecular weight excluding hydrogens is 314 g/mol. The van der Waals surface area contributed by atoms with E-state index in [0.29, 0.717) is 0 Å². The first-order valence-electron chi connectivity index (χ1n) is 4.88. The smallest absolute Gasteiger partial charge is 0.296 e. The summed E-state index contributed by atoms with van der Waals surface area (Å²) in [5.41, 5.74) is 1.65. The average Bonchev–Trinajstić information content (AvgIpc) is 2.32. The SMILES string of the molecule is COc1ccc(N=NNCS(=O)(=O)O)c(S(=O)(=O)O)c1. The molecule has 0 aliphatic carbocycles. The van der Waals surface area contributed by atoms with Gasteiger partial charge in [0.1, 0.15) is 16.3 Å². The zero-order chi connectivity index (χ0) is 15.4. The van der Waals surface area contributed by atoms with Gasteiger partial charge >= 0.3 is 0 Å². The van der Waals surface area contributed by atoms with Crippen molar-refractivity contribution in [1.29, 1.82) is 0 Å². The number of ether oxygens (including phenoxy) is 1. The van der Waals surface area contributed by atoms with Crippen molar-refractivity contribution in [1.82, 2.24) is 5.43 Å². The van der Waals surface area contributed by atoms with Crippen LogP contribution in [0.2, 0.25) is 0 Å². The van der Waals surface area contributed by atoms with E-state index in [1.165, 1.54) is 19.2 Å². The van der Waals surface area contributed by atoms with Crippen LogP contribution in [0, 0.1) is 0 Å². The van der Waals surface area contributed by atoms with Crippen LogP contribution >= 0.6 is 0 Å². The lowest BCUT2D eigenvalue weighted by Crippen LogP contribution is -2.16. The lowest BCUT2D eigenvalue weighted by Gasteiger charge is -2.04. The zero-order valence-corrected chi connectivity index (χ0v) is 11.7. The molecule has 0 atom stereocenters. The molecule has 1 aromatic carbocycles. The molecule has 0 unspecified atom stereocenters. The number of hydrogen-bond acceptors (Lipinski definition) is 7. The lowest BCUT2D eigenvalue weighted by molar-refractivity contribution is 0.412. The normalized spacial score (nSPS) is 12.6. The Hall–Kier alpha value is -1.76. The van der Waals surface area contributed by atoms with E-state index in [-0.39, 0.29) is 11.4 Å². The molecule has 0 bridgehead atoms. The van der Waals surface area contributed by atoms with Crippen molar-refractivity contribution in [2.24, 2.45) is 10.3 Å². The monoisotopic (exact) mass is 325 g/mol. The number of methoxy groups -OCH3 is 1. The second-order valence-corrected chi connectivity index (χ2v) is 6.24. The third-order valence-electron chi connectivity index (χ3n) is 1.92. The van der Waals surface area contributed by atoms with Crippen LogP contribution in [0.3, 0.4) is 0 Å². The molecule has 10 nitrogen and oxygen atoms in total. The summed E-state index contributed by atoms with van der Waals surface area (Å²) in [7, 11) is -7.54. The van der Waals surface area contributed by atoms with Gasteiger partial charge in [0.15, 0.2) is 5.88 Å². The van der Waals surface area contributed by atoms with Crippen molar-refractivity contribution < 1.29 is 30.7 Å². The molecular formula is C8H11N3O7S2. The summed E-state index contributed by atoms with van der Waals surface area (Å²) in [5, 5.41) is 6.57. The van der Waals surface area contributed by atoms with Gasteiger partial charge < -0.3 is 4.74 Å². The number of benzene rings is 1. The minimum Gasteiger partial charge on any atom is -0.497 e. The maximum atomic E-state index is 11.2. The van der Waals surface area contributed by atoms with Gasteiger partial charge in [0.05, 0.1) is 7.11 Å². The molecule has 1 rings (SSSR count). The molecule has 0 amide bonds. The van der Waals surface area contributed by atoms with E-state index >= 15 is 0 Å². The predicted molar refractivity (Wildman–Crippen MR) is 66.9 cm³/mol. The molecule has 0 radical (unpaired) electrons. The number of hydrogen-bond donors (Lipinski definition) is 3. The van der Waals surface area contributed by atoms with E-state index in [1.54, 1.807) is 0 Å². The van der Waals surface area contributed by atoms with Crippen LogP contribution in [-0.4, -0.2) is 38.9 Å². The Kier molecular flexibility index (Phi) is 4.99. The first kappa shape index (κ1) is 16.3. The highest BCUT2D eigenvalue weighted by Gasteiger charge is 2.16. The lowest BCUT2D eigenvalue weighted by atomic mass is 10.3. The van der Waals surface area contributed by atoms with Gasteiger partial charge in [-0.1, -0.05) is 5.22 Å². The van der Waals surface area contributed by atoms with E-state index in [0.717, 1.165) is 6.07 Å². The summed E-state index contributed by atoms with van der Waals surface area (Å²) >= 11 is 0. The Morgan fingerprint density at radius 3 is 2.40 bits per heavy atom. The largest absolute Gasteiger partial charge is 0.497 e. The summed E-state index contributed by atoms with van der Waals surface area (Å²) in [6.07, 6.45) is 0. The molecule has 0 heterocycles. The maximum absolute atomic E-state index is 11.2. The highest BCUT2D eigenvalue weighted by atomic mass is 32.2. The van der Waals surface area contributed by atoms with Crippen molar-refractivity contribution in [3.05, 3.63) is 18.2 Å². The van der Waals surface area contributed by atoms with Crippen LogP contribution in [0.25, 0.3) is 0 Å². The molecule has 0 fully saturated rings. The number of nitrogens with zero attached hydrogens (tertiary/aromatic N) is 2. The molecule has 12 heteroatoms. The molecule has 112 valence electrons. The third-order valence-corrected chi connectivity index (χ3v) is 3.30. The van der Waals surface area contributed by atoms with Crippen LogP contribution in [0.4, 0.5) is 5.69 Å². The van der Waals surface area contributed by atoms with Crippen LogP contribution in [0.1, 0.15) is 0 Å². The van der Waals surface area contributed by atoms with Crippen molar-refractivity contribution in [3.8, 4) is 5.75 Å². The number of rotatable bonds is 6. The topological polar surface area (TPSA) is 155 Å². The van der Waals surface area contributed by atoms with Gasteiger partial charge in [-0.25, -0.2) is 0 Å². The second-order valence-electron chi connectivity index (χ2n) is 3.39. The fourth-order valence-electron chi connectivity index (χ4n) is 1.11. The second kappa shape index (κ2) is 6.13. The van der Waals surface area contributed by atoms with Gasteiger partial charge in [0.25, 0.3) is 20.2 Å². The molecule has 1 aromatic rings. The Morgan fingerprint density at radius 2 is 1.90 bits per heavy atom. The van der Waals surface area contributed by atoms with Crippen molar-refractivity contribution in [3.63, 3.8) is 0 Å². The molecule has 20 heavy (non-hydrogen) atoms.